The van der Waals surface area contributed by atoms with Crippen LogP contribution in [0.15, 0.2) is 0 Å². The maximum atomic E-state index is 10.5. The van der Waals surface area contributed by atoms with E-state index >= 15 is 0 Å². The fraction of sp³-hybridized carbons (Fsp3) is 1.00. The predicted molar refractivity (Wildman–Crippen MR) is 85.7 cm³/mol. The largest absolute Gasteiger partial charge is 0.391 e. The van der Waals surface area contributed by atoms with Crippen LogP contribution in [0.1, 0.15) is 66.7 Å². The Balaban J connectivity index is 1.99. The molecule has 5 atom stereocenters. The minimum Gasteiger partial charge on any atom is -0.391 e. The van der Waals surface area contributed by atoms with Gasteiger partial charge in [-0.15, -0.1) is 0 Å². The minimum absolute atomic E-state index is 0.111. The fourth-order valence-electron chi connectivity index (χ4n) is 4.69. The predicted octanol–water partition coefficient (Wildman–Crippen LogP) is 3.93. The average Bonchev–Trinajstić information content (AvgIpc) is 2.52. The molecule has 0 bridgehead atoms. The van der Waals surface area contributed by atoms with E-state index in [1.165, 1.54) is 38.8 Å². The minimum atomic E-state index is -0.111. The van der Waals surface area contributed by atoms with Crippen LogP contribution >= 0.6 is 0 Å². The van der Waals surface area contributed by atoms with Crippen molar-refractivity contribution in [2.24, 2.45) is 23.2 Å². The SMILES string of the molecule is CC1CC(C)C(N2CCCC(C(C)(C)C)CC2)C(O)C1. The maximum absolute atomic E-state index is 10.5. The molecule has 0 aromatic rings. The van der Waals surface area contributed by atoms with E-state index in [0.717, 1.165) is 12.3 Å². The molecule has 1 N–H and O–H groups in total. The van der Waals surface area contributed by atoms with Crippen molar-refractivity contribution in [3.8, 4) is 0 Å². The van der Waals surface area contributed by atoms with Crippen molar-refractivity contribution < 1.29 is 5.11 Å². The number of aliphatic hydroxyl groups excluding tert-OH is 1. The molecule has 2 nitrogen and oxygen atoms in total. The van der Waals surface area contributed by atoms with Crippen molar-refractivity contribution in [1.82, 2.24) is 4.90 Å². The molecule has 118 valence electrons. The molecule has 1 aliphatic carbocycles. The van der Waals surface area contributed by atoms with Gasteiger partial charge in [0.25, 0.3) is 0 Å². The molecule has 0 spiro atoms. The Bertz CT molecular complexity index is 297. The van der Waals surface area contributed by atoms with E-state index in [1.54, 1.807) is 0 Å². The second kappa shape index (κ2) is 6.36. The van der Waals surface area contributed by atoms with Crippen LogP contribution in [0.25, 0.3) is 0 Å². The number of likely N-dealkylation sites (tertiary alicyclic amines) is 1. The molecule has 1 heterocycles. The Morgan fingerprint density at radius 1 is 1.00 bits per heavy atom. The first kappa shape index (κ1) is 16.3. The van der Waals surface area contributed by atoms with E-state index < -0.39 is 0 Å². The highest BCUT2D eigenvalue weighted by Gasteiger charge is 2.38. The van der Waals surface area contributed by atoms with E-state index in [0.29, 0.717) is 23.3 Å². The summed E-state index contributed by atoms with van der Waals surface area (Å²) in [6, 6.07) is 0.407. The van der Waals surface area contributed by atoms with Gasteiger partial charge in [-0.2, -0.15) is 0 Å². The van der Waals surface area contributed by atoms with E-state index in [4.69, 9.17) is 0 Å². The van der Waals surface area contributed by atoms with Crippen LogP contribution in [0, 0.1) is 23.2 Å². The van der Waals surface area contributed by atoms with Crippen LogP contribution in [-0.4, -0.2) is 35.2 Å². The van der Waals surface area contributed by atoms with Gasteiger partial charge >= 0.3 is 0 Å². The molecule has 2 fully saturated rings. The number of nitrogens with zero attached hydrogens (tertiary/aromatic N) is 1. The highest BCUT2D eigenvalue weighted by molar-refractivity contribution is 4.91. The second-order valence-corrected chi connectivity index (χ2v) is 8.64. The summed E-state index contributed by atoms with van der Waals surface area (Å²) in [4.78, 5) is 2.62. The van der Waals surface area contributed by atoms with Gasteiger partial charge in [-0.3, -0.25) is 4.90 Å². The lowest BCUT2D eigenvalue weighted by Gasteiger charge is -2.43. The van der Waals surface area contributed by atoms with E-state index in [2.05, 4.69) is 39.5 Å². The molecule has 2 aliphatic rings. The van der Waals surface area contributed by atoms with Crippen molar-refractivity contribution in [3.63, 3.8) is 0 Å². The molecule has 5 unspecified atom stereocenters. The molecule has 1 saturated heterocycles. The van der Waals surface area contributed by atoms with Crippen molar-refractivity contribution in [3.05, 3.63) is 0 Å². The highest BCUT2D eigenvalue weighted by atomic mass is 16.3. The van der Waals surface area contributed by atoms with Crippen LogP contribution < -0.4 is 0 Å². The molecule has 0 aromatic carbocycles. The van der Waals surface area contributed by atoms with Gasteiger partial charge in [0.05, 0.1) is 6.10 Å². The fourth-order valence-corrected chi connectivity index (χ4v) is 4.69. The van der Waals surface area contributed by atoms with Gasteiger partial charge in [-0.25, -0.2) is 0 Å². The van der Waals surface area contributed by atoms with Crippen LogP contribution in [0.5, 0.6) is 0 Å². The van der Waals surface area contributed by atoms with Crippen molar-refractivity contribution in [2.75, 3.05) is 13.1 Å². The van der Waals surface area contributed by atoms with Gasteiger partial charge in [0.2, 0.25) is 0 Å². The molecule has 0 radical (unpaired) electrons. The monoisotopic (exact) mass is 281 g/mol. The highest BCUT2D eigenvalue weighted by Crippen LogP contribution is 2.37. The molecule has 1 saturated carbocycles. The third-order valence-corrected chi connectivity index (χ3v) is 5.80. The summed E-state index contributed by atoms with van der Waals surface area (Å²) in [5.74, 6) is 2.16. The molecule has 0 aromatic heterocycles. The first-order chi connectivity index (χ1) is 9.29. The van der Waals surface area contributed by atoms with Crippen molar-refractivity contribution in [1.29, 1.82) is 0 Å². The van der Waals surface area contributed by atoms with Crippen molar-refractivity contribution >= 4 is 0 Å². The lowest BCUT2D eigenvalue weighted by atomic mass is 9.76. The summed E-state index contributed by atoms with van der Waals surface area (Å²) in [6.07, 6.45) is 6.12. The van der Waals surface area contributed by atoms with Crippen LogP contribution in [0.4, 0.5) is 0 Å². The van der Waals surface area contributed by atoms with Crippen LogP contribution in [-0.2, 0) is 0 Å². The van der Waals surface area contributed by atoms with Gasteiger partial charge in [-0.05, 0) is 68.4 Å². The topological polar surface area (TPSA) is 23.5 Å². The summed E-state index contributed by atoms with van der Waals surface area (Å²) in [5.41, 5.74) is 0.432. The van der Waals surface area contributed by atoms with Gasteiger partial charge in [0, 0.05) is 6.04 Å². The summed E-state index contributed by atoms with van der Waals surface area (Å²) in [6.45, 7) is 14.1. The number of hydrogen-bond donors (Lipinski definition) is 1. The summed E-state index contributed by atoms with van der Waals surface area (Å²) < 4.78 is 0. The first-order valence-corrected chi connectivity index (χ1v) is 8.71. The summed E-state index contributed by atoms with van der Waals surface area (Å²) in [7, 11) is 0. The Morgan fingerprint density at radius 3 is 2.30 bits per heavy atom. The Kier molecular flexibility index (Phi) is 5.18. The zero-order valence-corrected chi connectivity index (χ0v) is 14.2. The lowest BCUT2D eigenvalue weighted by Crippen LogP contribution is -2.51. The second-order valence-electron chi connectivity index (χ2n) is 8.64. The van der Waals surface area contributed by atoms with Gasteiger partial charge in [-0.1, -0.05) is 34.6 Å². The number of rotatable bonds is 1. The Hall–Kier alpha value is -0.0800. The van der Waals surface area contributed by atoms with Crippen LogP contribution in [0.3, 0.4) is 0 Å². The smallest absolute Gasteiger partial charge is 0.0700 e. The van der Waals surface area contributed by atoms with Crippen molar-refractivity contribution in [2.45, 2.75) is 78.9 Å². The quantitative estimate of drug-likeness (QED) is 0.787. The van der Waals surface area contributed by atoms with Crippen LogP contribution in [0.2, 0.25) is 0 Å². The zero-order chi connectivity index (χ0) is 14.9. The third kappa shape index (κ3) is 3.76. The summed E-state index contributed by atoms with van der Waals surface area (Å²) >= 11 is 0. The average molecular weight is 281 g/mol. The Labute approximate surface area is 125 Å². The van der Waals surface area contributed by atoms with Gasteiger partial charge < -0.3 is 5.11 Å². The van der Waals surface area contributed by atoms with E-state index in [9.17, 15) is 5.11 Å². The summed E-state index contributed by atoms with van der Waals surface area (Å²) in [5, 5.41) is 10.5. The molecule has 20 heavy (non-hydrogen) atoms. The standard InChI is InChI=1S/C18H35NO/c1-13-11-14(2)17(16(20)12-13)19-9-6-7-15(8-10-19)18(3,4)5/h13-17,20H,6-12H2,1-5H3. The number of aliphatic hydroxyl groups is 1. The van der Waals surface area contributed by atoms with Gasteiger partial charge in [0.1, 0.15) is 0 Å². The zero-order valence-electron chi connectivity index (χ0n) is 14.2. The molecular weight excluding hydrogens is 246 g/mol. The molecule has 1 aliphatic heterocycles. The maximum Gasteiger partial charge on any atom is 0.0700 e. The molecular formula is C18H35NO. The molecule has 0 amide bonds. The molecule has 2 rings (SSSR count). The van der Waals surface area contributed by atoms with Gasteiger partial charge in [0.15, 0.2) is 0 Å². The number of hydrogen-bond acceptors (Lipinski definition) is 2. The first-order valence-electron chi connectivity index (χ1n) is 8.71. The molecule has 2 heteroatoms. The normalized spacial score (nSPS) is 41.4. The Morgan fingerprint density at radius 2 is 1.70 bits per heavy atom. The third-order valence-electron chi connectivity index (χ3n) is 5.80. The lowest BCUT2D eigenvalue weighted by molar-refractivity contribution is -0.0239. The van der Waals surface area contributed by atoms with E-state index in [1.807, 2.05) is 0 Å². The van der Waals surface area contributed by atoms with E-state index in [-0.39, 0.29) is 6.10 Å².